The number of hydrogen-bond donors (Lipinski definition) is 1. The number of carbonyl (C=O) groups is 4. The lowest BCUT2D eigenvalue weighted by Gasteiger charge is -2.47. The maximum Gasteiger partial charge on any atom is 0.355 e. The first-order valence-electron chi connectivity index (χ1n) is 10.7. The summed E-state index contributed by atoms with van der Waals surface area (Å²) in [6.45, 7) is 2.42. The Morgan fingerprint density at radius 1 is 1.03 bits per heavy atom. The van der Waals surface area contributed by atoms with Crippen molar-refractivity contribution in [3.8, 4) is 0 Å². The molecule has 0 radical (unpaired) electrons. The van der Waals surface area contributed by atoms with E-state index in [0.717, 1.165) is 0 Å². The zero-order valence-corrected chi connectivity index (χ0v) is 20.2. The number of amides is 3. The molecule has 2 aliphatic rings. The molecule has 13 nitrogen and oxygen atoms in total. The number of nitrogens with zero attached hydrogens (tertiary/aromatic N) is 3. The lowest BCUT2D eigenvalue weighted by atomic mass is 10.0. The van der Waals surface area contributed by atoms with Gasteiger partial charge >= 0.3 is 5.97 Å². The fourth-order valence-corrected chi connectivity index (χ4v) is 5.20. The molecule has 37 heavy (non-hydrogen) atoms. The minimum atomic E-state index is -5.11. The third kappa shape index (κ3) is 4.36. The number of imide groups is 1. The Morgan fingerprint density at radius 3 is 2.03 bits per heavy atom. The minimum absolute atomic E-state index is 0.0298. The van der Waals surface area contributed by atoms with Crippen molar-refractivity contribution in [2.45, 2.75) is 31.9 Å². The van der Waals surface area contributed by atoms with E-state index < -0.39 is 55.8 Å². The predicted octanol–water partition coefficient (Wildman–Crippen LogP) is 1.65. The average molecular weight is 529 g/mol. The van der Waals surface area contributed by atoms with E-state index in [-0.39, 0.29) is 29.0 Å². The van der Waals surface area contributed by atoms with Crippen molar-refractivity contribution < 1.29 is 41.8 Å². The van der Waals surface area contributed by atoms with Crippen LogP contribution in [-0.2, 0) is 31.1 Å². The van der Waals surface area contributed by atoms with Crippen LogP contribution in [0.25, 0.3) is 0 Å². The molecule has 0 saturated carbocycles. The summed E-state index contributed by atoms with van der Waals surface area (Å²) < 4.78 is 39.8. The summed E-state index contributed by atoms with van der Waals surface area (Å²) in [5.41, 5.74) is -0.215. The Labute approximate surface area is 209 Å². The molecule has 2 heterocycles. The van der Waals surface area contributed by atoms with Crippen molar-refractivity contribution in [2.24, 2.45) is 0 Å². The molecular formula is C23H19N3O10S. The second kappa shape index (κ2) is 9.22. The van der Waals surface area contributed by atoms with Crippen molar-refractivity contribution in [3.05, 3.63) is 86.6 Å². The molecule has 4 rings (SSSR count). The normalized spacial score (nSPS) is 18.8. The van der Waals surface area contributed by atoms with Crippen molar-refractivity contribution in [2.75, 3.05) is 0 Å². The lowest BCUT2D eigenvalue weighted by molar-refractivity contribution is -0.384. The number of β-lactam (4-membered cyclic amide) rings is 1. The highest BCUT2D eigenvalue weighted by Gasteiger charge is 2.63. The van der Waals surface area contributed by atoms with Gasteiger partial charge in [-0.2, -0.15) is 8.42 Å². The number of benzene rings is 2. The molecule has 0 unspecified atom stereocenters. The van der Waals surface area contributed by atoms with Gasteiger partial charge in [-0.05, 0) is 49.2 Å². The standard InChI is InChI=1S/C23H19N3O10S/c1-12(2)17(23(30)36-11-13-7-9-14(10-8-13)26(31)32)25-21(29)18(22(25)37(33,34)35)24-19(27)15-5-3-4-6-16(15)20(24)28/h3-10,18,22H,11H2,1-2H3,(H,33,34,35)/t18-,22-/m1/s1. The summed E-state index contributed by atoms with van der Waals surface area (Å²) in [4.78, 5) is 62.9. The fourth-order valence-electron chi connectivity index (χ4n) is 4.16. The maximum atomic E-state index is 13.2. The number of fused-ring (bicyclic) bond motifs is 1. The van der Waals surface area contributed by atoms with E-state index >= 15 is 0 Å². The van der Waals surface area contributed by atoms with Crippen LogP contribution in [0.4, 0.5) is 5.69 Å². The van der Waals surface area contributed by atoms with Crippen LogP contribution in [0.5, 0.6) is 0 Å². The van der Waals surface area contributed by atoms with Gasteiger partial charge in [-0.25, -0.2) is 4.79 Å². The number of likely N-dealkylation sites (tertiary alicyclic amines) is 1. The number of non-ortho nitro benzene ring substituents is 1. The number of ether oxygens (including phenoxy) is 1. The van der Waals surface area contributed by atoms with Gasteiger partial charge in [0.05, 0.1) is 16.1 Å². The Bertz CT molecular complexity index is 1460. The summed E-state index contributed by atoms with van der Waals surface area (Å²) >= 11 is 0. The van der Waals surface area contributed by atoms with E-state index in [0.29, 0.717) is 15.4 Å². The number of allylic oxidation sites excluding steroid dienone is 1. The highest BCUT2D eigenvalue weighted by molar-refractivity contribution is 7.86. The van der Waals surface area contributed by atoms with E-state index in [9.17, 15) is 42.3 Å². The summed E-state index contributed by atoms with van der Waals surface area (Å²) in [7, 11) is -5.11. The highest BCUT2D eigenvalue weighted by atomic mass is 32.2. The average Bonchev–Trinajstić information content (AvgIpc) is 3.08. The number of nitro groups is 1. The molecule has 0 spiro atoms. The Balaban J connectivity index is 1.60. The topological polar surface area (TPSA) is 181 Å². The maximum absolute atomic E-state index is 13.2. The van der Waals surface area contributed by atoms with Crippen molar-refractivity contribution in [3.63, 3.8) is 0 Å². The van der Waals surface area contributed by atoms with E-state index in [1.807, 2.05) is 0 Å². The zero-order chi connectivity index (χ0) is 27.2. The van der Waals surface area contributed by atoms with Crippen LogP contribution in [0.15, 0.2) is 59.8 Å². The SMILES string of the molecule is CC(C)=C(C(=O)OCc1ccc([N+](=O)[O-])cc1)N1C(=O)[C@@H](N2C(=O)c3ccccc3C2=O)[C@H]1S(=O)(=O)O. The second-order valence-electron chi connectivity index (χ2n) is 8.43. The smallest absolute Gasteiger partial charge is 0.355 e. The van der Waals surface area contributed by atoms with Crippen LogP contribution >= 0.6 is 0 Å². The molecule has 0 aromatic heterocycles. The van der Waals surface area contributed by atoms with Crippen LogP contribution in [0.1, 0.15) is 40.1 Å². The van der Waals surface area contributed by atoms with Crippen LogP contribution in [0.2, 0.25) is 0 Å². The number of carbonyl (C=O) groups excluding carboxylic acids is 4. The first-order valence-corrected chi connectivity index (χ1v) is 12.2. The molecule has 1 saturated heterocycles. The Morgan fingerprint density at radius 2 is 1.57 bits per heavy atom. The molecule has 2 aliphatic heterocycles. The van der Waals surface area contributed by atoms with Gasteiger partial charge in [0.25, 0.3) is 33.5 Å². The first kappa shape index (κ1) is 25.7. The number of nitro benzene ring substituents is 1. The third-order valence-electron chi connectivity index (χ3n) is 5.85. The van der Waals surface area contributed by atoms with Crippen LogP contribution in [0.3, 0.4) is 0 Å². The predicted molar refractivity (Wildman–Crippen MR) is 124 cm³/mol. The second-order valence-corrected chi connectivity index (χ2v) is 9.95. The van der Waals surface area contributed by atoms with E-state index in [2.05, 4.69) is 0 Å². The number of esters is 1. The molecule has 1 N–H and O–H groups in total. The molecule has 192 valence electrons. The Hall–Kier alpha value is -4.43. The van der Waals surface area contributed by atoms with E-state index in [4.69, 9.17) is 4.74 Å². The third-order valence-corrected chi connectivity index (χ3v) is 6.93. The van der Waals surface area contributed by atoms with Gasteiger partial charge in [-0.15, -0.1) is 0 Å². The number of hydrogen-bond acceptors (Lipinski definition) is 9. The summed E-state index contributed by atoms with van der Waals surface area (Å²) in [5.74, 6) is -4.03. The van der Waals surface area contributed by atoms with Crippen LogP contribution < -0.4 is 0 Å². The molecule has 2 aromatic carbocycles. The van der Waals surface area contributed by atoms with E-state index in [1.54, 1.807) is 0 Å². The van der Waals surface area contributed by atoms with Crippen molar-refractivity contribution in [1.29, 1.82) is 0 Å². The quantitative estimate of drug-likeness (QED) is 0.105. The van der Waals surface area contributed by atoms with Gasteiger partial charge in [0.1, 0.15) is 12.3 Å². The highest BCUT2D eigenvalue weighted by Crippen LogP contribution is 2.38. The molecule has 2 atom stereocenters. The molecular weight excluding hydrogens is 510 g/mol. The largest absolute Gasteiger partial charge is 0.456 e. The molecule has 1 fully saturated rings. The van der Waals surface area contributed by atoms with Gasteiger partial charge in [0.2, 0.25) is 0 Å². The first-order chi connectivity index (χ1) is 17.3. The Kier molecular flexibility index (Phi) is 6.39. The van der Waals surface area contributed by atoms with Crippen molar-refractivity contribution >= 4 is 39.5 Å². The molecule has 14 heteroatoms. The fraction of sp³-hybridized carbons (Fsp3) is 0.217. The van der Waals surface area contributed by atoms with Gasteiger partial charge in [0, 0.05) is 12.1 Å². The van der Waals surface area contributed by atoms with E-state index in [1.165, 1.54) is 62.4 Å². The monoisotopic (exact) mass is 529 g/mol. The lowest BCUT2D eigenvalue weighted by Crippen LogP contribution is -2.73. The molecule has 2 aromatic rings. The minimum Gasteiger partial charge on any atom is -0.456 e. The number of rotatable bonds is 7. The summed E-state index contributed by atoms with van der Waals surface area (Å²) in [6, 6.07) is 8.86. The molecule has 3 amide bonds. The summed E-state index contributed by atoms with van der Waals surface area (Å²) in [6.07, 6.45) is 0. The van der Waals surface area contributed by atoms with Gasteiger partial charge in [0.15, 0.2) is 11.4 Å². The van der Waals surface area contributed by atoms with Crippen molar-refractivity contribution in [1.82, 2.24) is 9.80 Å². The zero-order valence-electron chi connectivity index (χ0n) is 19.4. The van der Waals surface area contributed by atoms with Crippen LogP contribution in [-0.4, -0.2) is 62.8 Å². The van der Waals surface area contributed by atoms with Gasteiger partial charge < -0.3 is 4.74 Å². The molecule has 0 aliphatic carbocycles. The molecule has 0 bridgehead atoms. The summed E-state index contributed by atoms with van der Waals surface area (Å²) in [5, 5.41) is 8.65. The van der Waals surface area contributed by atoms with Gasteiger partial charge in [-0.3, -0.25) is 38.9 Å². The van der Waals surface area contributed by atoms with Gasteiger partial charge in [-0.1, -0.05) is 12.1 Å². The van der Waals surface area contributed by atoms with Crippen LogP contribution in [0, 0.1) is 10.1 Å².